The molecule has 0 aliphatic carbocycles. The van der Waals surface area contributed by atoms with Gasteiger partial charge in [-0.25, -0.2) is 0 Å². The normalized spacial score (nSPS) is 10.0. The first-order chi connectivity index (χ1) is 2.00. The number of halogens is 4. The van der Waals surface area contributed by atoms with Crippen molar-refractivity contribution >= 4 is 54.6 Å². The zero-order valence-electron chi connectivity index (χ0n) is 2.01. The Morgan fingerprint density at radius 1 is 0.833 bits per heavy atom. The minimum atomic E-state index is -3.11. The van der Waals surface area contributed by atoms with Gasteiger partial charge in [0.25, 0.3) is 0 Å². The van der Waals surface area contributed by atoms with Crippen LogP contribution >= 0.6 is 37.2 Å². The van der Waals surface area contributed by atoms with Gasteiger partial charge < -0.3 is 0 Å². The van der Waals surface area contributed by atoms with Crippen molar-refractivity contribution in [2.75, 3.05) is 0 Å². The second kappa shape index (κ2) is 4.30. The molecule has 0 spiro atoms. The molecule has 0 N–H and O–H groups in total. The molecule has 6 heteroatoms. The van der Waals surface area contributed by atoms with Crippen LogP contribution in [0.4, 0.5) is 0 Å². The molecule has 0 amide bonds. The predicted octanol–water partition coefficient (Wildman–Crippen LogP) is 1.57. The topological polar surface area (TPSA) is 0 Å². The predicted molar refractivity (Wildman–Crippen MR) is 33.4 cm³/mol. The van der Waals surface area contributed by atoms with Gasteiger partial charge in [-0.1, -0.05) is 0 Å². The van der Waals surface area contributed by atoms with Crippen molar-refractivity contribution in [3.63, 3.8) is 0 Å². The van der Waals surface area contributed by atoms with Gasteiger partial charge in [0.2, 0.25) is 0 Å². The van der Waals surface area contributed by atoms with Crippen LogP contribution in [0.3, 0.4) is 0 Å². The average molecular weight is 220 g/mol. The van der Waals surface area contributed by atoms with Gasteiger partial charge in [-0.2, -0.15) is 0 Å². The van der Waals surface area contributed by atoms with Crippen molar-refractivity contribution in [3.05, 3.63) is 0 Å². The summed E-state index contributed by atoms with van der Waals surface area (Å²) in [4.78, 5) is 0. The molecule has 0 aromatic heterocycles. The Bertz CT molecular complexity index is 23.0. The molecule has 0 aliphatic rings. The Hall–Kier alpha value is 2.41. The fourth-order valence-electron chi connectivity index (χ4n) is 0. The number of hydrogen-bond donors (Lipinski definition) is 0. The summed E-state index contributed by atoms with van der Waals surface area (Å²) in [6, 6.07) is 0. The van der Waals surface area contributed by atoms with E-state index in [4.69, 9.17) is 37.2 Å². The van der Waals surface area contributed by atoms with Crippen LogP contribution in [0.25, 0.3) is 0 Å². The standard InChI is InChI=1S/Al.4ClH.Ti.3H/h;4*1H;;;;/q;;;;;+4;;;/p-4. The van der Waals surface area contributed by atoms with Gasteiger partial charge in [-0.15, -0.1) is 0 Å². The molecule has 38 valence electrons. The molecular formula is H3AlCl4Ti. The number of rotatable bonds is 0. The summed E-state index contributed by atoms with van der Waals surface area (Å²) in [6.45, 7) is 0. The first-order valence-corrected chi connectivity index (χ1v) is 9.35. The van der Waals surface area contributed by atoms with Crippen molar-refractivity contribution in [2.24, 2.45) is 0 Å². The summed E-state index contributed by atoms with van der Waals surface area (Å²) < 4.78 is 0. The quantitative estimate of drug-likeness (QED) is 0.543. The van der Waals surface area contributed by atoms with E-state index in [-0.39, 0.29) is 17.4 Å². The first kappa shape index (κ1) is 11.2. The maximum atomic E-state index is 5.01. The molecule has 0 rings (SSSR count). The van der Waals surface area contributed by atoms with E-state index in [0.717, 1.165) is 0 Å². The van der Waals surface area contributed by atoms with Gasteiger partial charge in [0.05, 0.1) is 0 Å². The van der Waals surface area contributed by atoms with Gasteiger partial charge in [-0.05, 0) is 0 Å². The third kappa shape index (κ3) is 32.3. The molecular weight excluding hydrogens is 217 g/mol. The third-order valence-corrected chi connectivity index (χ3v) is 0. The van der Waals surface area contributed by atoms with Crippen LogP contribution in [-0.4, -0.2) is 17.4 Å². The molecule has 0 heterocycles. The summed E-state index contributed by atoms with van der Waals surface area (Å²) in [6.07, 6.45) is 0. The molecule has 0 aromatic carbocycles. The molecule has 0 unspecified atom stereocenters. The molecule has 0 saturated carbocycles. The molecule has 0 fully saturated rings. The monoisotopic (exact) mass is 218 g/mol. The summed E-state index contributed by atoms with van der Waals surface area (Å²) in [5.41, 5.74) is 0. The van der Waals surface area contributed by atoms with E-state index in [2.05, 4.69) is 0 Å². The summed E-state index contributed by atoms with van der Waals surface area (Å²) in [5.74, 6) is 0. The van der Waals surface area contributed by atoms with E-state index in [1.807, 2.05) is 0 Å². The van der Waals surface area contributed by atoms with Crippen LogP contribution in [0.5, 0.6) is 0 Å². The molecule has 0 aliphatic heterocycles. The Morgan fingerprint density at radius 2 is 0.833 bits per heavy atom. The van der Waals surface area contributed by atoms with Gasteiger partial charge in [-0.3, -0.25) is 0 Å². The van der Waals surface area contributed by atoms with E-state index in [1.165, 1.54) is 0 Å². The van der Waals surface area contributed by atoms with E-state index in [1.54, 1.807) is 0 Å². The van der Waals surface area contributed by atoms with Gasteiger partial charge in [0, 0.05) is 0 Å². The minimum absolute atomic E-state index is 0. The van der Waals surface area contributed by atoms with Crippen LogP contribution in [0.2, 0.25) is 0 Å². The van der Waals surface area contributed by atoms with Crippen LogP contribution in [0.1, 0.15) is 0 Å². The van der Waals surface area contributed by atoms with Crippen molar-refractivity contribution in [3.8, 4) is 0 Å². The van der Waals surface area contributed by atoms with Crippen LogP contribution < -0.4 is 0 Å². The molecule has 0 radical (unpaired) electrons. The molecule has 0 atom stereocenters. The molecule has 0 nitrogen and oxygen atoms in total. The fourth-order valence-corrected chi connectivity index (χ4v) is 0. The fraction of sp³-hybridized carbons (Fsp3) is 0. The van der Waals surface area contributed by atoms with Crippen LogP contribution in [0.15, 0.2) is 0 Å². The van der Waals surface area contributed by atoms with Crippen molar-refractivity contribution in [1.29, 1.82) is 0 Å². The Kier molecular flexibility index (Phi) is 8.06. The Morgan fingerprint density at radius 3 is 0.833 bits per heavy atom. The summed E-state index contributed by atoms with van der Waals surface area (Å²) in [5, 5.41) is 0. The molecule has 0 aromatic rings. The second-order valence-electron chi connectivity index (χ2n) is 0.429. The zero-order valence-corrected chi connectivity index (χ0v) is 6.60. The van der Waals surface area contributed by atoms with Crippen LogP contribution in [0, 0.1) is 0 Å². The number of hydrogen-bond acceptors (Lipinski definition) is 0. The van der Waals surface area contributed by atoms with Crippen molar-refractivity contribution < 1.29 is 12.3 Å². The zero-order chi connectivity index (χ0) is 4.50. The third-order valence-electron chi connectivity index (χ3n) is 0. The van der Waals surface area contributed by atoms with Gasteiger partial charge in [0.15, 0.2) is 17.4 Å². The SMILES string of the molecule is [AlH3].[Cl][Ti]([Cl])([Cl])[Cl]. The maximum absolute atomic E-state index is 5.01. The second-order valence-corrected chi connectivity index (χ2v) is 15.9. The van der Waals surface area contributed by atoms with E-state index < -0.39 is 12.3 Å². The van der Waals surface area contributed by atoms with E-state index >= 15 is 0 Å². The summed E-state index contributed by atoms with van der Waals surface area (Å²) >= 11 is -3.11. The van der Waals surface area contributed by atoms with E-state index in [0.29, 0.717) is 0 Å². The molecule has 6 heavy (non-hydrogen) atoms. The van der Waals surface area contributed by atoms with Crippen LogP contribution in [-0.2, 0) is 12.3 Å². The van der Waals surface area contributed by atoms with Gasteiger partial charge in [0.1, 0.15) is 0 Å². The molecule has 0 saturated heterocycles. The van der Waals surface area contributed by atoms with E-state index in [9.17, 15) is 0 Å². The van der Waals surface area contributed by atoms with Crippen molar-refractivity contribution in [1.82, 2.24) is 0 Å². The molecule has 0 bridgehead atoms. The Labute approximate surface area is 66.1 Å². The Balaban J connectivity index is 0. The first-order valence-electron chi connectivity index (χ1n) is 0.756. The summed E-state index contributed by atoms with van der Waals surface area (Å²) in [7, 11) is 20.1. The average Bonchev–Trinajstić information content (AvgIpc) is 0.722. The van der Waals surface area contributed by atoms with Crippen molar-refractivity contribution in [2.45, 2.75) is 0 Å². The van der Waals surface area contributed by atoms with Gasteiger partial charge >= 0.3 is 49.6 Å².